The minimum atomic E-state index is -6.19. The Morgan fingerprint density at radius 2 is 1.35 bits per heavy atom. The molecule has 1 heterocycles. The van der Waals surface area contributed by atoms with E-state index >= 15 is 0 Å². The Hall–Kier alpha value is -1.27. The first-order valence-electron chi connectivity index (χ1n) is 4.48. The van der Waals surface area contributed by atoms with Gasteiger partial charge in [-0.2, -0.15) is 26.3 Å². The number of aliphatic imine (C=N–C) groups is 1. The first-order valence-corrected chi connectivity index (χ1v) is 4.48. The second-order valence-electron chi connectivity index (χ2n) is 3.63. The van der Waals surface area contributed by atoms with Gasteiger partial charge in [0.1, 0.15) is 5.84 Å². The van der Waals surface area contributed by atoms with Gasteiger partial charge in [-0.15, -0.1) is 0 Å². The van der Waals surface area contributed by atoms with Crippen LogP contribution in [0.2, 0.25) is 0 Å². The molecule has 1 aliphatic rings. The highest BCUT2D eigenvalue weighted by Gasteiger charge is 2.79. The molecule has 1 rings (SSSR count). The summed E-state index contributed by atoms with van der Waals surface area (Å²) < 4.78 is 128. The smallest absolute Gasteiger partial charge is 0.384 e. The largest absolute Gasteiger partial charge is 0.444 e. The van der Waals surface area contributed by atoms with Crippen LogP contribution in [0.15, 0.2) is 4.99 Å². The van der Waals surface area contributed by atoms with E-state index in [9.17, 15) is 43.9 Å². The van der Waals surface area contributed by atoms with E-state index in [1.165, 1.54) is 0 Å². The monoisotopic (exact) mass is 322 g/mol. The summed E-state index contributed by atoms with van der Waals surface area (Å²) in [6.45, 7) is 0. The number of nitrogens with zero attached hydrogens (tertiary/aromatic N) is 1. The van der Waals surface area contributed by atoms with Crippen molar-refractivity contribution in [1.29, 1.82) is 0 Å². The molecule has 0 saturated carbocycles. The summed E-state index contributed by atoms with van der Waals surface area (Å²) in [5, 5.41) is 0. The molecule has 2 atom stereocenters. The molecular weight excluding hydrogens is 318 g/mol. The summed E-state index contributed by atoms with van der Waals surface area (Å²) in [6, 6.07) is 0. The summed E-state index contributed by atoms with van der Waals surface area (Å²) in [5.41, 5.74) is -5.73. The number of hydrogen-bond acceptors (Lipinski definition) is 3. The predicted octanol–water partition coefficient (Wildman–Crippen LogP) is 2.46. The Labute approximate surface area is 103 Å². The van der Waals surface area contributed by atoms with E-state index in [0.717, 1.165) is 0 Å². The third kappa shape index (κ3) is 1.98. The Kier molecular flexibility index (Phi) is 3.66. The normalized spacial score (nSPS) is 32.1. The molecule has 0 bridgehead atoms. The molecule has 0 aromatic carbocycles. The maximum absolute atomic E-state index is 12.5. The van der Waals surface area contributed by atoms with Gasteiger partial charge >= 0.3 is 18.1 Å². The van der Waals surface area contributed by atoms with Crippen molar-refractivity contribution in [3.8, 4) is 0 Å². The second kappa shape index (κ2) is 4.36. The molecule has 3 nitrogen and oxygen atoms in total. The number of halogens is 10. The van der Waals surface area contributed by atoms with E-state index in [1.54, 1.807) is 0 Å². The molecule has 0 aromatic rings. The third-order valence-electron chi connectivity index (χ3n) is 2.41. The second-order valence-corrected chi connectivity index (χ2v) is 3.63. The highest BCUT2D eigenvalue weighted by molar-refractivity contribution is 5.92. The first-order chi connectivity index (χ1) is 8.72. The van der Waals surface area contributed by atoms with Crippen LogP contribution in [0.25, 0.3) is 0 Å². The van der Waals surface area contributed by atoms with Gasteiger partial charge < -0.3 is 10.5 Å². The van der Waals surface area contributed by atoms with Crippen LogP contribution in [0, 0.1) is 0 Å². The van der Waals surface area contributed by atoms with Crippen molar-refractivity contribution in [3.63, 3.8) is 0 Å². The number of nitrogens with two attached hydrogens (primary N) is 1. The molecule has 20 heavy (non-hydrogen) atoms. The van der Waals surface area contributed by atoms with Crippen LogP contribution in [0.5, 0.6) is 0 Å². The quantitative estimate of drug-likeness (QED) is 0.794. The molecule has 0 spiro atoms. The van der Waals surface area contributed by atoms with Gasteiger partial charge in [-0.25, -0.2) is 22.6 Å². The number of hydrogen-bond donors (Lipinski definition) is 1. The fourth-order valence-corrected chi connectivity index (χ4v) is 1.40. The van der Waals surface area contributed by atoms with Gasteiger partial charge in [0.25, 0.3) is 18.5 Å². The zero-order chi connectivity index (χ0) is 16.1. The molecule has 0 radical (unpaired) electrons. The van der Waals surface area contributed by atoms with Crippen LogP contribution in [0.1, 0.15) is 0 Å². The predicted molar refractivity (Wildman–Crippen MR) is 42.3 cm³/mol. The minimum Gasteiger partial charge on any atom is -0.384 e. The molecule has 2 unspecified atom stereocenters. The van der Waals surface area contributed by atoms with Crippen molar-refractivity contribution in [2.24, 2.45) is 10.7 Å². The standard InChI is InChI=1S/C7H4F10N2O/c8-1(9)4(6(12,13)14)3(18)19-5(20-4,2(10)11)7(15,16)17/h1-2H,(H2,18,19). The van der Waals surface area contributed by atoms with Gasteiger partial charge in [-0.1, -0.05) is 0 Å². The van der Waals surface area contributed by atoms with Gasteiger partial charge in [0.05, 0.1) is 0 Å². The number of rotatable bonds is 2. The minimum absolute atomic E-state index is 1.83. The van der Waals surface area contributed by atoms with Gasteiger partial charge in [0.2, 0.25) is 0 Å². The fourth-order valence-electron chi connectivity index (χ4n) is 1.40. The Balaban J connectivity index is 3.51. The summed E-state index contributed by atoms with van der Waals surface area (Å²) in [6.07, 6.45) is -21.7. The van der Waals surface area contributed by atoms with Crippen LogP contribution in [0.3, 0.4) is 0 Å². The van der Waals surface area contributed by atoms with Crippen LogP contribution < -0.4 is 5.73 Å². The molecule has 118 valence electrons. The van der Waals surface area contributed by atoms with Gasteiger partial charge in [-0.3, -0.25) is 0 Å². The zero-order valence-electron chi connectivity index (χ0n) is 8.87. The van der Waals surface area contributed by atoms with E-state index in [2.05, 4.69) is 10.5 Å². The Bertz CT molecular complexity index is 415. The van der Waals surface area contributed by atoms with Crippen LogP contribution in [-0.4, -0.2) is 42.4 Å². The number of amidine groups is 1. The summed E-state index contributed by atoms with van der Waals surface area (Å²) in [4.78, 5) is 1.83. The van der Waals surface area contributed by atoms with Gasteiger partial charge in [0.15, 0.2) is 0 Å². The van der Waals surface area contributed by atoms with Gasteiger partial charge in [0, 0.05) is 0 Å². The van der Waals surface area contributed by atoms with E-state index < -0.39 is 42.4 Å². The fraction of sp³-hybridized carbons (Fsp3) is 0.857. The molecule has 0 aromatic heterocycles. The summed E-state index contributed by atoms with van der Waals surface area (Å²) in [5.74, 6) is -2.42. The molecule has 0 aliphatic carbocycles. The molecule has 0 amide bonds. The van der Waals surface area contributed by atoms with Crippen LogP contribution in [0.4, 0.5) is 43.9 Å². The van der Waals surface area contributed by atoms with E-state index in [-0.39, 0.29) is 0 Å². The Morgan fingerprint density at radius 3 is 1.50 bits per heavy atom. The van der Waals surface area contributed by atoms with Crippen molar-refractivity contribution < 1.29 is 48.6 Å². The lowest BCUT2D eigenvalue weighted by molar-refractivity contribution is -0.373. The van der Waals surface area contributed by atoms with E-state index in [1.807, 2.05) is 4.99 Å². The number of ether oxygens (including phenoxy) is 1. The van der Waals surface area contributed by atoms with E-state index in [0.29, 0.717) is 0 Å². The average Bonchev–Trinajstić information content (AvgIpc) is 2.52. The summed E-state index contributed by atoms with van der Waals surface area (Å²) >= 11 is 0. The van der Waals surface area contributed by atoms with Crippen molar-refractivity contribution >= 4 is 5.84 Å². The highest BCUT2D eigenvalue weighted by atomic mass is 19.4. The molecule has 0 saturated heterocycles. The molecule has 1 aliphatic heterocycles. The van der Waals surface area contributed by atoms with Crippen LogP contribution in [-0.2, 0) is 4.74 Å². The molecule has 0 fully saturated rings. The lowest BCUT2D eigenvalue weighted by Gasteiger charge is -2.34. The maximum atomic E-state index is 12.5. The topological polar surface area (TPSA) is 47.6 Å². The Morgan fingerprint density at radius 1 is 0.900 bits per heavy atom. The number of alkyl halides is 10. The van der Waals surface area contributed by atoms with E-state index in [4.69, 9.17) is 0 Å². The van der Waals surface area contributed by atoms with Gasteiger partial charge in [-0.05, 0) is 0 Å². The third-order valence-corrected chi connectivity index (χ3v) is 2.41. The molecular formula is C7H4F10N2O. The lowest BCUT2D eigenvalue weighted by atomic mass is 10.0. The van der Waals surface area contributed by atoms with Crippen LogP contribution >= 0.6 is 0 Å². The molecule has 2 N–H and O–H groups in total. The maximum Gasteiger partial charge on any atom is 0.444 e. The van der Waals surface area contributed by atoms with Crippen molar-refractivity contribution in [3.05, 3.63) is 0 Å². The van der Waals surface area contributed by atoms with Crippen molar-refractivity contribution in [2.75, 3.05) is 0 Å². The first kappa shape index (κ1) is 16.8. The zero-order valence-corrected chi connectivity index (χ0v) is 8.87. The highest BCUT2D eigenvalue weighted by Crippen LogP contribution is 2.52. The van der Waals surface area contributed by atoms with Crippen molar-refractivity contribution in [1.82, 2.24) is 0 Å². The SMILES string of the molecule is NC1=NC(C(F)F)(C(F)(F)F)OC1(C(F)F)C(F)(F)F. The lowest BCUT2D eigenvalue weighted by Crippen LogP contribution is -2.63. The summed E-state index contributed by atoms with van der Waals surface area (Å²) in [7, 11) is 0. The van der Waals surface area contributed by atoms with Crippen molar-refractivity contribution in [2.45, 2.75) is 36.5 Å². The average molecular weight is 322 g/mol. The molecule has 13 heteroatoms.